The van der Waals surface area contributed by atoms with E-state index in [4.69, 9.17) is 0 Å². The van der Waals surface area contributed by atoms with Crippen molar-refractivity contribution in [3.05, 3.63) is 16.9 Å². The molecule has 0 aromatic carbocycles. The Labute approximate surface area is 63.6 Å². The van der Waals surface area contributed by atoms with E-state index in [0.717, 1.165) is 5.92 Å². The Hall–Kier alpha value is -0.480. The van der Waals surface area contributed by atoms with E-state index < -0.39 is 0 Å². The third kappa shape index (κ3) is 1.75. The van der Waals surface area contributed by atoms with Crippen LogP contribution >= 0.6 is 0 Å². The van der Waals surface area contributed by atoms with Gasteiger partial charge in [-0.1, -0.05) is 6.92 Å². The molecule has 0 aliphatic heterocycles. The van der Waals surface area contributed by atoms with E-state index in [2.05, 4.69) is 26.5 Å². The second kappa shape index (κ2) is 3.07. The molecular formula is C10H16. The van der Waals surface area contributed by atoms with Crippen LogP contribution in [0.2, 0.25) is 0 Å². The second-order valence-electron chi connectivity index (χ2n) is 3.44. The second-order valence-corrected chi connectivity index (χ2v) is 3.44. The van der Waals surface area contributed by atoms with Gasteiger partial charge in [0.05, 0.1) is 0 Å². The van der Waals surface area contributed by atoms with Crippen molar-refractivity contribution in [2.24, 2.45) is 5.92 Å². The van der Waals surface area contributed by atoms with Gasteiger partial charge in [-0.15, -0.1) is 5.73 Å². The molecule has 1 saturated carbocycles. The fraction of sp³-hybridized carbons (Fsp3) is 0.700. The fourth-order valence-corrected chi connectivity index (χ4v) is 1.53. The number of hydrogen-bond acceptors (Lipinski definition) is 0. The maximum atomic E-state index is 3.42. The summed E-state index contributed by atoms with van der Waals surface area (Å²) in [7, 11) is 0. The van der Waals surface area contributed by atoms with Crippen LogP contribution in [0.4, 0.5) is 0 Å². The number of allylic oxidation sites excluding steroid dienone is 1. The van der Waals surface area contributed by atoms with Crippen LogP contribution in [-0.2, 0) is 0 Å². The molecule has 1 fully saturated rings. The first-order valence-electron chi connectivity index (χ1n) is 4.13. The summed E-state index contributed by atoms with van der Waals surface area (Å²) in [6, 6.07) is 0. The first kappa shape index (κ1) is 7.63. The molecule has 1 unspecified atom stereocenters. The molecule has 10 heavy (non-hydrogen) atoms. The topological polar surface area (TPSA) is 0 Å². The zero-order valence-electron chi connectivity index (χ0n) is 7.20. The molecule has 0 nitrogen and oxygen atoms in total. The summed E-state index contributed by atoms with van der Waals surface area (Å²) >= 11 is 0. The van der Waals surface area contributed by atoms with Crippen molar-refractivity contribution >= 4 is 0 Å². The van der Waals surface area contributed by atoms with Gasteiger partial charge < -0.3 is 0 Å². The Morgan fingerprint density at radius 1 is 1.50 bits per heavy atom. The first-order chi connectivity index (χ1) is 4.70. The van der Waals surface area contributed by atoms with Crippen LogP contribution in [0, 0.1) is 5.92 Å². The number of rotatable bonds is 0. The van der Waals surface area contributed by atoms with Gasteiger partial charge in [0.2, 0.25) is 0 Å². The monoisotopic (exact) mass is 136 g/mol. The Kier molecular flexibility index (Phi) is 2.34. The summed E-state index contributed by atoms with van der Waals surface area (Å²) in [5.41, 5.74) is 6.29. The quantitative estimate of drug-likeness (QED) is 0.448. The smallest absolute Gasteiger partial charge is 0.0155 e. The molecule has 0 amide bonds. The first-order valence-corrected chi connectivity index (χ1v) is 4.13. The normalized spacial score (nSPS) is 24.7. The van der Waals surface area contributed by atoms with Crippen molar-refractivity contribution in [3.8, 4) is 0 Å². The summed E-state index contributed by atoms with van der Waals surface area (Å²) < 4.78 is 0. The van der Waals surface area contributed by atoms with Crippen LogP contribution in [-0.4, -0.2) is 0 Å². The Morgan fingerprint density at radius 3 is 2.60 bits per heavy atom. The lowest BCUT2D eigenvalue weighted by atomic mass is 10.1. The average molecular weight is 136 g/mol. The molecule has 0 heteroatoms. The van der Waals surface area contributed by atoms with Crippen molar-refractivity contribution in [1.29, 1.82) is 0 Å². The molecule has 0 aromatic rings. The molecule has 0 aromatic heterocycles. The van der Waals surface area contributed by atoms with E-state index in [0.29, 0.717) is 0 Å². The van der Waals surface area contributed by atoms with Crippen LogP contribution in [0.15, 0.2) is 16.9 Å². The van der Waals surface area contributed by atoms with Gasteiger partial charge in [-0.2, -0.15) is 0 Å². The van der Waals surface area contributed by atoms with Crippen LogP contribution in [0.1, 0.15) is 40.0 Å². The molecule has 1 rings (SSSR count). The highest BCUT2D eigenvalue weighted by Gasteiger charge is 2.14. The zero-order chi connectivity index (χ0) is 7.56. The molecule has 0 N–H and O–H groups in total. The van der Waals surface area contributed by atoms with E-state index in [-0.39, 0.29) is 0 Å². The highest BCUT2D eigenvalue weighted by atomic mass is 14.2. The maximum absolute atomic E-state index is 3.42. The summed E-state index contributed by atoms with van der Waals surface area (Å²) in [4.78, 5) is 0. The lowest BCUT2D eigenvalue weighted by Gasteiger charge is -1.98. The highest BCUT2D eigenvalue weighted by Crippen LogP contribution is 2.29. The summed E-state index contributed by atoms with van der Waals surface area (Å²) in [6.07, 6.45) is 4.03. The maximum Gasteiger partial charge on any atom is -0.0155 e. The molecule has 1 aliphatic carbocycles. The van der Waals surface area contributed by atoms with Crippen LogP contribution in [0.25, 0.3) is 0 Å². The van der Waals surface area contributed by atoms with Gasteiger partial charge in [0.25, 0.3) is 0 Å². The third-order valence-electron chi connectivity index (χ3n) is 2.09. The van der Waals surface area contributed by atoms with Crippen molar-refractivity contribution in [3.63, 3.8) is 0 Å². The van der Waals surface area contributed by atoms with Gasteiger partial charge in [-0.3, -0.25) is 0 Å². The molecule has 1 atom stereocenters. The zero-order valence-corrected chi connectivity index (χ0v) is 7.20. The Bertz CT molecular complexity index is 176. The van der Waals surface area contributed by atoms with E-state index in [9.17, 15) is 0 Å². The van der Waals surface area contributed by atoms with Crippen molar-refractivity contribution in [2.75, 3.05) is 0 Å². The minimum absolute atomic E-state index is 0.801. The van der Waals surface area contributed by atoms with Crippen LogP contribution in [0.5, 0.6) is 0 Å². The standard InChI is InChI=1S/C10H16/c1-8(2)7-10-6-4-5-9(10)3/h9H,4-6H2,1-3H3. The predicted octanol–water partition coefficient (Wildman–Crippen LogP) is 3.30. The van der Waals surface area contributed by atoms with Gasteiger partial charge in [-0.05, 0) is 50.2 Å². The summed E-state index contributed by atoms with van der Waals surface area (Å²) in [5, 5.41) is 0. The lowest BCUT2D eigenvalue weighted by Crippen LogP contribution is -1.85. The molecular weight excluding hydrogens is 120 g/mol. The van der Waals surface area contributed by atoms with Gasteiger partial charge in [0, 0.05) is 0 Å². The van der Waals surface area contributed by atoms with E-state index >= 15 is 0 Å². The molecule has 56 valence electrons. The number of hydrogen-bond donors (Lipinski definition) is 0. The molecule has 0 saturated heterocycles. The van der Waals surface area contributed by atoms with Gasteiger partial charge in [0.1, 0.15) is 0 Å². The van der Waals surface area contributed by atoms with Crippen molar-refractivity contribution in [2.45, 2.75) is 40.0 Å². The molecule has 0 bridgehead atoms. The highest BCUT2D eigenvalue weighted by molar-refractivity contribution is 5.12. The van der Waals surface area contributed by atoms with Crippen LogP contribution in [0.3, 0.4) is 0 Å². The van der Waals surface area contributed by atoms with Crippen molar-refractivity contribution < 1.29 is 0 Å². The van der Waals surface area contributed by atoms with Crippen molar-refractivity contribution in [1.82, 2.24) is 0 Å². The molecule has 0 heterocycles. The minimum atomic E-state index is 0.801. The van der Waals surface area contributed by atoms with Crippen LogP contribution < -0.4 is 0 Å². The lowest BCUT2D eigenvalue weighted by molar-refractivity contribution is 0.696. The largest absolute Gasteiger partial charge is 0.123 e. The molecule has 1 aliphatic rings. The van der Waals surface area contributed by atoms with E-state index in [1.54, 1.807) is 5.57 Å². The fourth-order valence-electron chi connectivity index (χ4n) is 1.53. The third-order valence-corrected chi connectivity index (χ3v) is 2.09. The SMILES string of the molecule is CC(C)=C=C1CCCC1C. The van der Waals surface area contributed by atoms with E-state index in [1.807, 2.05) is 0 Å². The molecule has 0 spiro atoms. The summed E-state index contributed by atoms with van der Waals surface area (Å²) in [6.45, 7) is 6.55. The molecule has 0 radical (unpaired) electrons. The minimum Gasteiger partial charge on any atom is -0.123 e. The Morgan fingerprint density at radius 2 is 2.20 bits per heavy atom. The van der Waals surface area contributed by atoms with Gasteiger partial charge >= 0.3 is 0 Å². The van der Waals surface area contributed by atoms with Gasteiger partial charge in [0.15, 0.2) is 0 Å². The van der Waals surface area contributed by atoms with E-state index in [1.165, 1.54) is 24.8 Å². The predicted molar refractivity (Wildman–Crippen MR) is 44.9 cm³/mol. The summed E-state index contributed by atoms with van der Waals surface area (Å²) in [5.74, 6) is 0.801. The Balaban J connectivity index is 2.82. The average Bonchev–Trinajstić information content (AvgIpc) is 2.15. The van der Waals surface area contributed by atoms with Gasteiger partial charge in [-0.25, -0.2) is 0 Å².